The molecule has 1 aliphatic carbocycles. The van der Waals surface area contributed by atoms with Gasteiger partial charge in [-0.25, -0.2) is 8.42 Å². The molecule has 0 spiro atoms. The van der Waals surface area contributed by atoms with Crippen LogP contribution in [0.4, 0.5) is 0 Å². The first-order chi connectivity index (χ1) is 64.7. The van der Waals surface area contributed by atoms with Crippen LogP contribution in [0.1, 0.15) is 341 Å². The molecule has 5 atom stereocenters. The van der Waals surface area contributed by atoms with Gasteiger partial charge < -0.3 is 44.9 Å². The number of nitrogens with one attached hydrogen (secondary N) is 1. The van der Waals surface area contributed by atoms with Gasteiger partial charge in [-0.3, -0.25) is 72.4 Å². The van der Waals surface area contributed by atoms with Gasteiger partial charge in [0.1, 0.15) is 0 Å². The van der Waals surface area contributed by atoms with E-state index in [1.165, 1.54) is 38.0 Å². The van der Waals surface area contributed by atoms with E-state index in [1.807, 2.05) is 78.9 Å². The van der Waals surface area contributed by atoms with E-state index < -0.39 is 30.7 Å². The lowest BCUT2D eigenvalue weighted by molar-refractivity contribution is -0.135. The van der Waals surface area contributed by atoms with Gasteiger partial charge in [-0.15, -0.1) is 0 Å². The zero-order valence-electron chi connectivity index (χ0n) is 98.5. The van der Waals surface area contributed by atoms with Gasteiger partial charge >= 0.3 is 0 Å². The molecule has 3 N–H and O–H groups in total. The second-order valence-corrected chi connectivity index (χ2v) is 58.1. The number of sulfonamides is 1. The topological polar surface area (TPSA) is 227 Å². The first kappa shape index (κ1) is 138. The van der Waals surface area contributed by atoms with Crippen molar-refractivity contribution in [3.05, 3.63) is 72.2 Å². The Balaban J connectivity index is 0.000000817. The monoisotopic (exact) mass is 2080 g/mol. The van der Waals surface area contributed by atoms with Crippen molar-refractivity contribution in [1.29, 1.82) is 0 Å². The van der Waals surface area contributed by atoms with Gasteiger partial charge in [0.05, 0.1) is 16.5 Å². The summed E-state index contributed by atoms with van der Waals surface area (Å²) in [7, 11) is -5.11. The highest BCUT2D eigenvalue weighted by Gasteiger charge is 2.42. The van der Waals surface area contributed by atoms with Crippen molar-refractivity contribution in [1.82, 2.24) is 88.0 Å². The van der Waals surface area contributed by atoms with Crippen LogP contribution in [0.25, 0.3) is 0 Å². The van der Waals surface area contributed by atoms with Crippen LogP contribution >= 0.6 is 0 Å². The molecule has 10 heterocycles. The summed E-state index contributed by atoms with van der Waals surface area (Å²) in [6, 6.07) is 11.1. The summed E-state index contributed by atoms with van der Waals surface area (Å²) in [5, 5.41) is 22.5. The lowest BCUT2D eigenvalue weighted by atomic mass is 9.97. The summed E-state index contributed by atoms with van der Waals surface area (Å²) >= 11 is 0. The van der Waals surface area contributed by atoms with Crippen LogP contribution in [0.5, 0.6) is 0 Å². The number of rotatable bonds is 13. The number of nitrogens with zero attached hydrogens (tertiary/aromatic N) is 17. The molecule has 850 valence electrons. The van der Waals surface area contributed by atoms with E-state index in [4.69, 9.17) is 0 Å². The van der Waals surface area contributed by atoms with Crippen molar-refractivity contribution < 1.29 is 42.0 Å². The lowest BCUT2D eigenvalue weighted by Gasteiger charge is -2.50. The zero-order valence-corrected chi connectivity index (χ0v) is 100. The molecule has 5 unspecified atom stereocenters. The third-order valence-corrected chi connectivity index (χ3v) is 32.8. The van der Waals surface area contributed by atoms with E-state index in [1.54, 1.807) is 31.3 Å². The summed E-state index contributed by atoms with van der Waals surface area (Å²) in [4.78, 5) is 85.0. The van der Waals surface area contributed by atoms with E-state index in [-0.39, 0.29) is 96.1 Å². The largest absolute Gasteiger partial charge is 0.390 e. The van der Waals surface area contributed by atoms with Gasteiger partial charge in [0.25, 0.3) is 5.91 Å². The van der Waals surface area contributed by atoms with Crippen molar-refractivity contribution in [2.24, 2.45) is 5.92 Å². The predicted octanol–water partition coefficient (Wildman–Crippen LogP) is 16.7. The normalized spacial score (nSPS) is 22.9. The SMILES string of the molecule is C.C.C.C=C1C=C(N2CCN(C(C)(C)C)CC2)C=CN1.C=S(C)(=O)CCC(=O)N1CCN(C(C)(C)C)CC1.CC(=O)N1CCN(C(C)(C)C)CC1.CC(C)(C)N1CCCCC1.CC(C)(C)N1CCN(C(=O)C2CC2)CC1.CC(C)(O)CCN1CCN(C(C)(C)C)CC1.CC(C)S(=O)(=O)N1CCN(C(C)(C)C)CC1.CC1CN(C(C)(C)C)CC(C)N1C(=O)c1ccccc1.CC1CN(C(C)(C)C)CC(C)N1CC(C)(C)O. The molecule has 29 heteroatoms. The molecule has 0 aromatic heterocycles. The van der Waals surface area contributed by atoms with Crippen LogP contribution in [0.3, 0.4) is 0 Å². The van der Waals surface area contributed by atoms with Gasteiger partial charge in [-0.2, -0.15) is 4.31 Å². The summed E-state index contributed by atoms with van der Waals surface area (Å²) in [5.74, 6) is 5.23. The molecule has 0 radical (unpaired) electrons. The number of carbonyl (C=O) groups excluding carboxylic acids is 4. The molecule has 1 saturated carbocycles. The number of piperazine rings is 8. The van der Waals surface area contributed by atoms with Gasteiger partial charge in [0.2, 0.25) is 27.7 Å². The van der Waals surface area contributed by atoms with E-state index in [9.17, 15) is 42.0 Å². The van der Waals surface area contributed by atoms with E-state index in [2.05, 4.69) is 308 Å². The second-order valence-electron chi connectivity index (χ2n) is 52.9. The first-order valence-electron chi connectivity index (χ1n) is 54.5. The Labute approximate surface area is 894 Å². The van der Waals surface area contributed by atoms with Crippen molar-refractivity contribution in [3.63, 3.8) is 0 Å². The Kier molecular flexibility index (Phi) is 56.4. The molecular weight excluding hydrogens is 1850 g/mol. The maximum absolute atomic E-state index is 12.7. The van der Waals surface area contributed by atoms with E-state index >= 15 is 0 Å². The minimum absolute atomic E-state index is 0. The number of piperidine rings is 1. The van der Waals surface area contributed by atoms with Crippen LogP contribution in [0, 0.1) is 5.92 Å². The highest BCUT2D eigenvalue weighted by atomic mass is 32.2. The average Bonchev–Trinajstić information content (AvgIpc) is 1.65. The minimum atomic E-state index is -3.06. The molecule has 10 fully saturated rings. The van der Waals surface area contributed by atoms with Crippen molar-refractivity contribution in [3.8, 4) is 0 Å². The summed E-state index contributed by atoms with van der Waals surface area (Å²) in [6.07, 6.45) is 15.5. The van der Waals surface area contributed by atoms with Crippen LogP contribution < -0.4 is 5.32 Å². The first-order valence-corrected chi connectivity index (χ1v) is 58.3. The standard InChI is InChI=1S/C17H26N2O.C14H23N3.C14H30N2O.C13H26N2O2S.C13H28N2O.C12H22N2O.C11H24N2O2S.C10H20N2O.C9H19N.3CH4/c1-13-11-18(17(3,4)5)12-14(2)19(13)16(20)15-9-7-6-8-10-15;1-12-11-13(5-6-15-12)16-7-9-17(10-8-16)14(2,3)4;1-11-8-15(13(3,4)5)9-12(2)16(11)10-14(6,7)17;1-13(2,3)15-9-7-14(8-10-15)12(16)6-11-18(4,5)17;1-12(2,3)15-10-8-14(9-11-15)7-6-13(4,5)16;1-12(2,3)14-8-6-13(7-9-14)11(15)10-4-5-10;1-10(2)16(14,15)13-8-6-12(7-9-13)11(3,4)5;1-9(13)11-5-7-12(8-6-11)10(2,3)4;1-9(2,3)10-7-5-4-6-8-10;;;/h6-10,13-14H,11-12H2,1-5H3;5-6,11,15H,1,7-10H2,2-4H3;11-12,17H,8-10H2,1-7H3;4,6-11H2,1-3,5H3;16H,6-11H2,1-5H3;10H,4-9H2,1-3H3;10H,6-9H2,1-5H3;5-8H2,1-4H3;4-8H2,1-3H3;3*1H4. The summed E-state index contributed by atoms with van der Waals surface area (Å²) in [6.45, 7) is 117. The fraction of sp³-hybridized carbons (Fsp3) is 0.853. The summed E-state index contributed by atoms with van der Waals surface area (Å²) < 4.78 is 37.0. The number of likely N-dealkylation sites (tertiary alicyclic amines) is 1. The molecule has 1 aromatic carbocycles. The Morgan fingerprint density at radius 1 is 0.428 bits per heavy atom. The molecule has 0 bridgehead atoms. The molecule has 9 saturated heterocycles. The number of hydrogen-bond donors (Lipinski definition) is 3. The number of hydrogen-bond acceptors (Lipinski definition) is 22. The lowest BCUT2D eigenvalue weighted by Crippen LogP contribution is -2.62. The van der Waals surface area contributed by atoms with Crippen molar-refractivity contribution in [2.45, 2.75) is 421 Å². The number of aliphatic hydroxyl groups is 2. The van der Waals surface area contributed by atoms with Crippen molar-refractivity contribution in [2.75, 3.05) is 221 Å². The van der Waals surface area contributed by atoms with Gasteiger partial charge in [0.15, 0.2) is 0 Å². The third-order valence-electron chi connectivity index (χ3n) is 29.5. The van der Waals surface area contributed by atoms with Gasteiger partial charge in [-0.05, 0) is 341 Å². The molecule has 10 aliphatic heterocycles. The Hall–Kier alpha value is -4.67. The fourth-order valence-electron chi connectivity index (χ4n) is 19.5. The van der Waals surface area contributed by atoms with Crippen LogP contribution in [0.15, 0.2) is 66.7 Å². The minimum Gasteiger partial charge on any atom is -0.390 e. The number of β-amino-alcohol motifs (C(OH)–C–C–N with tert-alkyl or cyclic N) is 1. The van der Waals surface area contributed by atoms with Crippen LogP contribution in [-0.4, -0.2) is 447 Å². The second kappa shape index (κ2) is 59.1. The van der Waals surface area contributed by atoms with E-state index in [0.29, 0.717) is 60.2 Å². The molecule has 12 rings (SSSR count). The molecule has 11 aliphatic rings. The number of carbonyl (C=O) groups is 4. The Morgan fingerprint density at radius 3 is 1.08 bits per heavy atom. The smallest absolute Gasteiger partial charge is 0.254 e. The third kappa shape index (κ3) is 50.8. The molecule has 27 nitrogen and oxygen atoms in total. The van der Waals surface area contributed by atoms with E-state index in [0.717, 1.165) is 214 Å². The van der Waals surface area contributed by atoms with Gasteiger partial charge in [0, 0.05) is 325 Å². The maximum Gasteiger partial charge on any atom is 0.254 e. The highest BCUT2D eigenvalue weighted by molar-refractivity contribution is 7.99. The fourth-order valence-corrected chi connectivity index (χ4v) is 21.4. The zero-order chi connectivity index (χ0) is 108. The van der Waals surface area contributed by atoms with Gasteiger partial charge in [-0.1, -0.05) is 53.5 Å². The Bertz CT molecular complexity index is 4160. The number of benzene rings is 1. The molecule has 1 aromatic rings. The number of dihydropyridines is 1. The average molecular weight is 2090 g/mol. The van der Waals surface area contributed by atoms with Crippen LogP contribution in [0.2, 0.25) is 0 Å². The maximum atomic E-state index is 12.7. The predicted molar refractivity (Wildman–Crippen MR) is 622 cm³/mol. The molecule has 145 heavy (non-hydrogen) atoms. The quantitative estimate of drug-likeness (QED) is 0.156. The number of amides is 4. The van der Waals surface area contributed by atoms with Crippen LogP contribution in [-0.2, 0) is 33.9 Å². The molecule has 4 amide bonds. The summed E-state index contributed by atoms with van der Waals surface area (Å²) in [5.41, 5.74) is 4.07. The molecular formula is C116H230N18O9S2. The van der Waals surface area contributed by atoms with Crippen molar-refractivity contribution >= 4 is 49.0 Å². The Morgan fingerprint density at radius 2 is 0.759 bits per heavy atom. The number of allylic oxidation sites excluding steroid dienone is 2. The highest BCUT2D eigenvalue weighted by Crippen LogP contribution is 2.34.